The van der Waals surface area contributed by atoms with Crippen molar-refractivity contribution in [2.45, 2.75) is 13.8 Å². The number of rotatable bonds is 4. The van der Waals surface area contributed by atoms with Crippen LogP contribution in [0.25, 0.3) is 0 Å². The van der Waals surface area contributed by atoms with Crippen LogP contribution in [-0.4, -0.2) is 22.1 Å². The van der Waals surface area contributed by atoms with Crippen molar-refractivity contribution < 1.29 is 0 Å². The monoisotopic (exact) mass is 149 g/mol. The Labute approximate surface area is 60.6 Å². The zero-order chi connectivity index (χ0) is 6.41. The van der Waals surface area contributed by atoms with Crippen LogP contribution in [0.5, 0.6) is 0 Å². The third-order valence-corrected chi connectivity index (χ3v) is 2.06. The molecule has 0 aliphatic carbocycles. The second kappa shape index (κ2) is 5.54. The third kappa shape index (κ3) is 3.41. The third-order valence-electron chi connectivity index (χ3n) is 0.898. The van der Waals surface area contributed by atoms with Gasteiger partial charge in [0.15, 0.2) is 0 Å². The second-order valence-corrected chi connectivity index (χ2v) is 2.81. The van der Waals surface area contributed by atoms with Gasteiger partial charge in [-0.15, -0.1) is 0 Å². The highest BCUT2D eigenvalue weighted by Gasteiger charge is 1.92. The average molecular weight is 149 g/mol. The molecular formula is C5H11NS2. The molecule has 0 N–H and O–H groups in total. The molecule has 0 fully saturated rings. The van der Waals surface area contributed by atoms with Crippen LogP contribution < -0.4 is 0 Å². The Balaban J connectivity index is 3.20. The Morgan fingerprint density at radius 3 is 2.12 bits per heavy atom. The molecule has 48 valence electrons. The van der Waals surface area contributed by atoms with Gasteiger partial charge in [0.05, 0.1) is 0 Å². The molecule has 0 radical (unpaired) electrons. The van der Waals surface area contributed by atoms with Gasteiger partial charge in [-0.2, -0.15) is 0 Å². The topological polar surface area (TPSA) is 3.24 Å². The lowest BCUT2D eigenvalue weighted by atomic mass is 10.7. The van der Waals surface area contributed by atoms with Crippen LogP contribution in [0.3, 0.4) is 0 Å². The van der Waals surface area contributed by atoms with Crippen molar-refractivity contribution >= 4 is 28.9 Å². The van der Waals surface area contributed by atoms with Crippen molar-refractivity contribution in [2.75, 3.05) is 13.1 Å². The van der Waals surface area contributed by atoms with Crippen LogP contribution in [0.2, 0.25) is 0 Å². The van der Waals surface area contributed by atoms with E-state index in [1.165, 1.54) is 0 Å². The van der Waals surface area contributed by atoms with Crippen molar-refractivity contribution in [3.8, 4) is 0 Å². The SMILES string of the molecule is CCN(CC)SC=S. The minimum Gasteiger partial charge on any atom is -0.247 e. The Morgan fingerprint density at radius 2 is 2.00 bits per heavy atom. The number of nitrogens with zero attached hydrogens (tertiary/aromatic N) is 1. The van der Waals surface area contributed by atoms with E-state index >= 15 is 0 Å². The van der Waals surface area contributed by atoms with E-state index in [1.807, 2.05) is 0 Å². The van der Waals surface area contributed by atoms with Crippen molar-refractivity contribution in [1.29, 1.82) is 0 Å². The summed E-state index contributed by atoms with van der Waals surface area (Å²) < 4.78 is 3.88. The van der Waals surface area contributed by atoms with Gasteiger partial charge in [-0.05, 0) is 11.9 Å². The molecule has 0 aliphatic heterocycles. The van der Waals surface area contributed by atoms with Crippen LogP contribution in [-0.2, 0) is 0 Å². The maximum Gasteiger partial charge on any atom is 0.0499 e. The smallest absolute Gasteiger partial charge is 0.0499 e. The van der Waals surface area contributed by atoms with Crippen LogP contribution in [0.1, 0.15) is 13.8 Å². The highest BCUT2D eigenvalue weighted by molar-refractivity contribution is 8.19. The molecule has 0 heterocycles. The first kappa shape index (κ1) is 8.40. The normalized spacial score (nSPS) is 9.88. The summed E-state index contributed by atoms with van der Waals surface area (Å²) in [6.45, 7) is 6.37. The lowest BCUT2D eigenvalue weighted by Crippen LogP contribution is -2.13. The predicted octanol–water partition coefficient (Wildman–Crippen LogP) is 1.93. The first-order chi connectivity index (χ1) is 3.85. The van der Waals surface area contributed by atoms with E-state index in [1.54, 1.807) is 16.6 Å². The van der Waals surface area contributed by atoms with Gasteiger partial charge in [-0.1, -0.05) is 26.1 Å². The standard InChI is InChI=1S/C5H11NS2/c1-3-6(4-2)8-5-7/h5H,3-4H2,1-2H3. The highest BCUT2D eigenvalue weighted by atomic mass is 32.2. The fourth-order valence-electron chi connectivity index (χ4n) is 0.434. The van der Waals surface area contributed by atoms with E-state index < -0.39 is 0 Å². The van der Waals surface area contributed by atoms with E-state index in [0.717, 1.165) is 13.1 Å². The van der Waals surface area contributed by atoms with Crippen molar-refractivity contribution in [2.24, 2.45) is 0 Å². The molecule has 0 unspecified atom stereocenters. The predicted molar refractivity (Wildman–Crippen MR) is 44.2 cm³/mol. The van der Waals surface area contributed by atoms with Crippen LogP contribution in [0, 0.1) is 0 Å². The molecule has 0 aliphatic rings. The second-order valence-electron chi connectivity index (χ2n) is 1.32. The Kier molecular flexibility index (Phi) is 5.81. The summed E-state index contributed by atoms with van der Waals surface area (Å²) in [5.74, 6) is 0. The average Bonchev–Trinajstić information content (AvgIpc) is 1.83. The molecule has 0 atom stereocenters. The van der Waals surface area contributed by atoms with Crippen LogP contribution >= 0.6 is 24.2 Å². The Morgan fingerprint density at radius 1 is 1.50 bits per heavy atom. The van der Waals surface area contributed by atoms with E-state index in [9.17, 15) is 0 Å². The first-order valence-corrected chi connectivity index (χ1v) is 4.01. The van der Waals surface area contributed by atoms with Crippen molar-refractivity contribution in [1.82, 2.24) is 4.31 Å². The molecule has 0 bridgehead atoms. The van der Waals surface area contributed by atoms with E-state index in [-0.39, 0.29) is 0 Å². The lowest BCUT2D eigenvalue weighted by molar-refractivity contribution is 0.529. The van der Waals surface area contributed by atoms with Crippen molar-refractivity contribution in [3.05, 3.63) is 0 Å². The molecule has 0 aromatic heterocycles. The molecule has 0 saturated heterocycles. The zero-order valence-corrected chi connectivity index (χ0v) is 6.89. The van der Waals surface area contributed by atoms with E-state index in [0.29, 0.717) is 0 Å². The van der Waals surface area contributed by atoms with Gasteiger partial charge in [-0.3, -0.25) is 0 Å². The summed E-state index contributed by atoms with van der Waals surface area (Å²) in [6, 6.07) is 0. The highest BCUT2D eigenvalue weighted by Crippen LogP contribution is 2.03. The van der Waals surface area contributed by atoms with Gasteiger partial charge in [0.1, 0.15) is 0 Å². The van der Waals surface area contributed by atoms with Gasteiger partial charge < -0.3 is 0 Å². The molecule has 0 spiro atoms. The quantitative estimate of drug-likeness (QED) is 0.444. The molecule has 8 heavy (non-hydrogen) atoms. The molecule has 0 amide bonds. The first-order valence-electron chi connectivity index (χ1n) is 2.70. The van der Waals surface area contributed by atoms with E-state index in [4.69, 9.17) is 0 Å². The Hall–Kier alpha value is 0.400. The van der Waals surface area contributed by atoms with Gasteiger partial charge in [0, 0.05) is 17.8 Å². The fraction of sp³-hybridized carbons (Fsp3) is 0.800. The zero-order valence-electron chi connectivity index (χ0n) is 5.26. The minimum absolute atomic E-state index is 1.06. The maximum atomic E-state index is 4.66. The van der Waals surface area contributed by atoms with Gasteiger partial charge in [0.25, 0.3) is 0 Å². The largest absolute Gasteiger partial charge is 0.247 e. The molecule has 1 nitrogen and oxygen atoms in total. The number of thiocarbonyl (C=S) groups is 1. The van der Waals surface area contributed by atoms with Gasteiger partial charge in [-0.25, -0.2) is 4.31 Å². The summed E-state index contributed by atoms with van der Waals surface area (Å²) in [5, 5.41) is 0. The van der Waals surface area contributed by atoms with Crippen LogP contribution in [0.4, 0.5) is 0 Å². The molecule has 0 aromatic rings. The molecule has 0 aromatic carbocycles. The Bertz CT molecular complexity index is 61.4. The van der Waals surface area contributed by atoms with Gasteiger partial charge >= 0.3 is 0 Å². The summed E-state index contributed by atoms with van der Waals surface area (Å²) in [7, 11) is 0. The maximum absolute atomic E-state index is 4.66. The molecule has 3 heteroatoms. The van der Waals surface area contributed by atoms with E-state index in [2.05, 4.69) is 30.4 Å². The number of hydrogen-bond acceptors (Lipinski definition) is 3. The summed E-state index contributed by atoms with van der Waals surface area (Å²) in [5.41, 5.74) is 0. The minimum atomic E-state index is 1.06. The fourth-order valence-corrected chi connectivity index (χ4v) is 1.22. The summed E-state index contributed by atoms with van der Waals surface area (Å²) in [6.07, 6.45) is 0. The summed E-state index contributed by atoms with van der Waals surface area (Å²) in [4.78, 5) is 0. The molecule has 0 saturated carbocycles. The van der Waals surface area contributed by atoms with Crippen LogP contribution in [0.15, 0.2) is 0 Å². The van der Waals surface area contributed by atoms with Crippen molar-refractivity contribution in [3.63, 3.8) is 0 Å². The lowest BCUT2D eigenvalue weighted by Gasteiger charge is -2.11. The van der Waals surface area contributed by atoms with Gasteiger partial charge in [0.2, 0.25) is 0 Å². The molecule has 0 rings (SSSR count). The molecular weight excluding hydrogens is 138 g/mol. The number of hydrogen-bond donors (Lipinski definition) is 0. The summed E-state index contributed by atoms with van der Waals surface area (Å²) >= 11 is 6.26.